The van der Waals surface area contributed by atoms with Gasteiger partial charge in [-0.2, -0.15) is 0 Å². The van der Waals surface area contributed by atoms with Gasteiger partial charge in [0.1, 0.15) is 0 Å². The fraction of sp³-hybridized carbons (Fsp3) is 0.833. The van der Waals surface area contributed by atoms with Crippen molar-refractivity contribution in [2.75, 3.05) is 52.4 Å². The van der Waals surface area contributed by atoms with Crippen molar-refractivity contribution in [1.82, 2.24) is 19.6 Å². The fourth-order valence-electron chi connectivity index (χ4n) is 5.71. The van der Waals surface area contributed by atoms with E-state index in [1.807, 2.05) is 9.80 Å². The molecule has 2 N–H and O–H groups in total. The first-order valence-electron chi connectivity index (χ1n) is 12.8. The van der Waals surface area contributed by atoms with Crippen LogP contribution >= 0.6 is 0 Å². The Labute approximate surface area is 201 Å². The van der Waals surface area contributed by atoms with Crippen LogP contribution in [-0.4, -0.2) is 118 Å². The summed E-state index contributed by atoms with van der Waals surface area (Å²) in [7, 11) is 0. The topological polar surface area (TPSA) is 122 Å². The number of aliphatic carboxylic acids is 2. The first-order valence-corrected chi connectivity index (χ1v) is 12.8. The molecule has 192 valence electrons. The summed E-state index contributed by atoms with van der Waals surface area (Å²) >= 11 is 0. The maximum absolute atomic E-state index is 13.0. The molecule has 1 saturated carbocycles. The average Bonchev–Trinajstić information content (AvgIpc) is 2.83. The maximum atomic E-state index is 13.0. The molecule has 3 fully saturated rings. The highest BCUT2D eigenvalue weighted by Gasteiger charge is 2.38. The van der Waals surface area contributed by atoms with Crippen LogP contribution in [0.2, 0.25) is 0 Å². The summed E-state index contributed by atoms with van der Waals surface area (Å²) in [5.41, 5.74) is 0. The average molecular weight is 481 g/mol. The highest BCUT2D eigenvalue weighted by atomic mass is 16.4. The Morgan fingerprint density at radius 2 is 0.912 bits per heavy atom. The largest absolute Gasteiger partial charge is 0.480 e. The van der Waals surface area contributed by atoms with Crippen molar-refractivity contribution in [2.24, 2.45) is 0 Å². The lowest BCUT2D eigenvalue weighted by Crippen LogP contribution is -2.59. The van der Waals surface area contributed by atoms with Crippen molar-refractivity contribution in [3.63, 3.8) is 0 Å². The molecule has 3 aliphatic rings. The molecule has 0 spiro atoms. The van der Waals surface area contributed by atoms with Gasteiger partial charge in [-0.15, -0.1) is 0 Å². The number of rotatable bonds is 10. The quantitative estimate of drug-likeness (QED) is 0.477. The smallest absolute Gasteiger partial charge is 0.317 e. The van der Waals surface area contributed by atoms with Gasteiger partial charge in [0.25, 0.3) is 0 Å². The highest BCUT2D eigenvalue weighted by molar-refractivity contribution is 5.80. The minimum Gasteiger partial charge on any atom is -0.480 e. The number of hydrogen-bond donors (Lipinski definition) is 2. The zero-order valence-corrected chi connectivity index (χ0v) is 20.2. The lowest BCUT2D eigenvalue weighted by molar-refractivity contribution is -0.146. The summed E-state index contributed by atoms with van der Waals surface area (Å²) in [6.45, 7) is 2.26. The van der Waals surface area contributed by atoms with E-state index in [9.17, 15) is 29.4 Å². The summed E-state index contributed by atoms with van der Waals surface area (Å²) in [6.07, 6.45) is 9.17. The second kappa shape index (κ2) is 13.0. The molecule has 34 heavy (non-hydrogen) atoms. The van der Waals surface area contributed by atoms with Crippen LogP contribution in [0.3, 0.4) is 0 Å². The number of likely N-dealkylation sites (tertiary alicyclic amines) is 2. The summed E-state index contributed by atoms with van der Waals surface area (Å²) < 4.78 is 0. The molecular weight excluding hydrogens is 440 g/mol. The van der Waals surface area contributed by atoms with Crippen molar-refractivity contribution >= 4 is 23.8 Å². The first-order chi connectivity index (χ1) is 16.3. The van der Waals surface area contributed by atoms with Crippen molar-refractivity contribution in [3.05, 3.63) is 0 Å². The Hall–Kier alpha value is -2.20. The minimum atomic E-state index is -1.01. The lowest BCUT2D eigenvalue weighted by Gasteiger charge is -2.44. The highest BCUT2D eigenvalue weighted by Crippen LogP contribution is 2.28. The van der Waals surface area contributed by atoms with Crippen LogP contribution < -0.4 is 0 Å². The number of carboxylic acid groups (broad SMARTS) is 2. The van der Waals surface area contributed by atoms with Gasteiger partial charge in [0.2, 0.25) is 11.8 Å². The van der Waals surface area contributed by atoms with Crippen LogP contribution in [0.1, 0.15) is 64.2 Å². The van der Waals surface area contributed by atoms with Gasteiger partial charge in [0, 0.05) is 38.3 Å². The Morgan fingerprint density at radius 3 is 1.24 bits per heavy atom. The Morgan fingerprint density at radius 1 is 0.559 bits per heavy atom. The van der Waals surface area contributed by atoms with E-state index in [1.54, 1.807) is 9.80 Å². The van der Waals surface area contributed by atoms with Gasteiger partial charge < -0.3 is 20.0 Å². The van der Waals surface area contributed by atoms with E-state index in [4.69, 9.17) is 0 Å². The number of amides is 2. The Kier molecular flexibility index (Phi) is 10.1. The van der Waals surface area contributed by atoms with Crippen LogP contribution in [0.25, 0.3) is 0 Å². The number of nitrogens with zero attached hydrogens (tertiary/aromatic N) is 4. The SMILES string of the molecule is O=C(O)CN(CC(=O)N1CCCCC1)C1CCCC[C@H]1N(CC(=O)O)CC(=O)N1CCCCC1. The zero-order valence-electron chi connectivity index (χ0n) is 20.2. The predicted octanol–water partition coefficient (Wildman–Crippen LogP) is 1.10. The van der Waals surface area contributed by atoms with E-state index >= 15 is 0 Å². The van der Waals surface area contributed by atoms with Gasteiger partial charge >= 0.3 is 11.9 Å². The lowest BCUT2D eigenvalue weighted by atomic mass is 9.87. The van der Waals surface area contributed by atoms with E-state index in [0.717, 1.165) is 51.4 Å². The van der Waals surface area contributed by atoms with E-state index in [-0.39, 0.29) is 50.1 Å². The summed E-state index contributed by atoms with van der Waals surface area (Å²) in [6, 6.07) is -0.570. The van der Waals surface area contributed by atoms with Crippen LogP contribution in [0, 0.1) is 0 Å². The van der Waals surface area contributed by atoms with Gasteiger partial charge in [0.05, 0.1) is 26.2 Å². The molecule has 10 nitrogen and oxygen atoms in total. The molecule has 0 aromatic rings. The van der Waals surface area contributed by atoms with Gasteiger partial charge in [-0.05, 0) is 51.4 Å². The standard InChI is InChI=1S/C24H40N4O6/c29-21(25-11-5-1-6-12-25)15-27(17-23(31)32)19-9-3-4-10-20(19)28(18-24(33)34)16-22(30)26-13-7-2-8-14-26/h19-20H,1-18H2,(H,31,32)(H,33,34)/t19-,20?/m1/s1. The number of carbonyl (C=O) groups excluding carboxylic acids is 2. The first kappa shape index (κ1) is 26.4. The molecule has 0 aromatic heterocycles. The molecule has 2 amide bonds. The third-order valence-electron chi connectivity index (χ3n) is 7.40. The minimum absolute atomic E-state index is 0.00838. The third-order valence-corrected chi connectivity index (χ3v) is 7.40. The van der Waals surface area contributed by atoms with Crippen LogP contribution in [0.5, 0.6) is 0 Å². The molecule has 3 rings (SSSR count). The van der Waals surface area contributed by atoms with E-state index < -0.39 is 11.9 Å². The Bertz CT molecular complexity index is 660. The normalized spacial score (nSPS) is 23.8. The van der Waals surface area contributed by atoms with Crippen molar-refractivity contribution < 1.29 is 29.4 Å². The Balaban J connectivity index is 1.76. The number of carboxylic acids is 2. The molecule has 0 aromatic carbocycles. The molecule has 0 bridgehead atoms. The molecule has 0 radical (unpaired) electrons. The molecule has 2 atom stereocenters. The summed E-state index contributed by atoms with van der Waals surface area (Å²) in [5, 5.41) is 19.2. The van der Waals surface area contributed by atoms with Crippen molar-refractivity contribution in [1.29, 1.82) is 0 Å². The fourth-order valence-corrected chi connectivity index (χ4v) is 5.71. The van der Waals surface area contributed by atoms with Crippen molar-refractivity contribution in [2.45, 2.75) is 76.3 Å². The monoisotopic (exact) mass is 480 g/mol. The molecule has 2 saturated heterocycles. The zero-order chi connectivity index (χ0) is 24.5. The van der Waals surface area contributed by atoms with Gasteiger partial charge in [0.15, 0.2) is 0 Å². The second-order valence-corrected chi connectivity index (χ2v) is 9.90. The summed E-state index contributed by atoms with van der Waals surface area (Å²) in [5.74, 6) is -2.16. The summed E-state index contributed by atoms with van der Waals surface area (Å²) in [4.78, 5) is 56.5. The van der Waals surface area contributed by atoms with Gasteiger partial charge in [-0.3, -0.25) is 29.0 Å². The van der Waals surface area contributed by atoms with E-state index in [0.29, 0.717) is 39.0 Å². The van der Waals surface area contributed by atoms with E-state index in [2.05, 4.69) is 0 Å². The number of piperidine rings is 2. The van der Waals surface area contributed by atoms with E-state index in [1.165, 1.54) is 0 Å². The maximum Gasteiger partial charge on any atom is 0.317 e. The van der Waals surface area contributed by atoms with Crippen molar-refractivity contribution in [3.8, 4) is 0 Å². The molecule has 2 heterocycles. The van der Waals surface area contributed by atoms with Gasteiger partial charge in [-0.1, -0.05) is 12.8 Å². The van der Waals surface area contributed by atoms with Crippen LogP contribution in [0.4, 0.5) is 0 Å². The number of carbonyl (C=O) groups is 4. The molecule has 10 heteroatoms. The number of hydrogen-bond acceptors (Lipinski definition) is 6. The van der Waals surface area contributed by atoms with Gasteiger partial charge in [-0.25, -0.2) is 0 Å². The van der Waals surface area contributed by atoms with Crippen LogP contribution in [0.15, 0.2) is 0 Å². The molecule has 1 unspecified atom stereocenters. The molecular formula is C24H40N4O6. The third kappa shape index (κ3) is 7.66. The predicted molar refractivity (Wildman–Crippen MR) is 125 cm³/mol. The van der Waals surface area contributed by atoms with Crippen LogP contribution in [-0.2, 0) is 19.2 Å². The second-order valence-electron chi connectivity index (χ2n) is 9.90. The molecule has 2 aliphatic heterocycles. The molecule has 1 aliphatic carbocycles.